The Balaban J connectivity index is 1.67. The van der Waals surface area contributed by atoms with Crippen LogP contribution in [0.3, 0.4) is 0 Å². The molecule has 0 saturated carbocycles. The average Bonchev–Trinajstić information content (AvgIpc) is 3.40. The number of nitrogens with one attached hydrogen (secondary N) is 1. The second-order valence-electron chi connectivity index (χ2n) is 6.60. The van der Waals surface area contributed by atoms with Crippen LogP contribution >= 0.6 is 22.9 Å². The van der Waals surface area contributed by atoms with Gasteiger partial charge in [-0.1, -0.05) is 28.9 Å². The molecule has 2 aromatic heterocycles. The van der Waals surface area contributed by atoms with Crippen LogP contribution in [0.2, 0.25) is 5.02 Å². The van der Waals surface area contributed by atoms with Crippen LogP contribution in [0.15, 0.2) is 39.2 Å². The van der Waals surface area contributed by atoms with Crippen LogP contribution in [-0.4, -0.2) is 46.7 Å². The first-order valence-electron chi connectivity index (χ1n) is 9.55. The summed E-state index contributed by atoms with van der Waals surface area (Å²) in [5.41, 5.74) is 1.77. The van der Waals surface area contributed by atoms with Crippen molar-refractivity contribution in [1.29, 1.82) is 0 Å². The van der Waals surface area contributed by atoms with E-state index in [2.05, 4.69) is 25.4 Å². The molecule has 0 spiro atoms. The third-order valence-corrected chi connectivity index (χ3v) is 5.57. The molecule has 3 rings (SSSR count). The lowest BCUT2D eigenvalue weighted by Gasteiger charge is -2.20. The van der Waals surface area contributed by atoms with Crippen molar-refractivity contribution in [3.63, 3.8) is 0 Å². The van der Waals surface area contributed by atoms with Crippen LogP contribution in [-0.2, 0) is 17.8 Å². The maximum Gasteiger partial charge on any atom is 0.248 e. The van der Waals surface area contributed by atoms with Gasteiger partial charge in [0.25, 0.3) is 0 Å². The van der Waals surface area contributed by atoms with E-state index in [1.807, 2.05) is 43.3 Å². The Bertz CT molecular complexity index is 989. The molecular weight excluding hydrogens is 424 g/mol. The molecule has 160 valence electrons. The highest BCUT2D eigenvalue weighted by molar-refractivity contribution is 7.09. The molecule has 1 N–H and O–H groups in total. The molecule has 30 heavy (non-hydrogen) atoms. The van der Waals surface area contributed by atoms with E-state index in [0.717, 1.165) is 28.8 Å². The molecule has 10 heteroatoms. The summed E-state index contributed by atoms with van der Waals surface area (Å²) in [6.07, 6.45) is -0.0119. The monoisotopic (exact) mass is 448 g/mol. The molecule has 0 saturated heterocycles. The van der Waals surface area contributed by atoms with Crippen molar-refractivity contribution in [2.24, 2.45) is 4.99 Å². The number of rotatable bonds is 8. The van der Waals surface area contributed by atoms with Crippen LogP contribution in [0, 0.1) is 0 Å². The largest absolute Gasteiger partial charge is 0.375 e. The quantitative estimate of drug-likeness (QED) is 0.409. The first kappa shape index (κ1) is 22.2. The molecule has 1 aromatic carbocycles. The standard InChI is InChI=1S/C20H25ClN6O2S/c1-5-22-20(27(3)11-16-12-30-19(24-16)13(2)28-4)23-10-17-25-18(26-29-17)14-7-6-8-15(21)9-14/h6-9,12-13H,5,10-11H2,1-4H3,(H,22,23). The molecule has 2 heterocycles. The minimum atomic E-state index is -0.0119. The van der Waals surface area contributed by atoms with Crippen molar-refractivity contribution in [3.05, 3.63) is 51.3 Å². The molecule has 0 amide bonds. The fourth-order valence-electron chi connectivity index (χ4n) is 2.68. The number of methoxy groups -OCH3 is 1. The Kier molecular flexibility index (Phi) is 7.78. The van der Waals surface area contributed by atoms with Gasteiger partial charge in [-0.15, -0.1) is 11.3 Å². The van der Waals surface area contributed by atoms with E-state index in [4.69, 9.17) is 20.9 Å². The van der Waals surface area contributed by atoms with E-state index in [-0.39, 0.29) is 12.6 Å². The van der Waals surface area contributed by atoms with Gasteiger partial charge in [0.1, 0.15) is 17.7 Å². The Hall–Kier alpha value is -2.49. The number of thiazole rings is 1. The topological polar surface area (TPSA) is 88.7 Å². The lowest BCUT2D eigenvalue weighted by Crippen LogP contribution is -2.38. The highest BCUT2D eigenvalue weighted by Crippen LogP contribution is 2.21. The molecule has 1 unspecified atom stereocenters. The van der Waals surface area contributed by atoms with Crippen LogP contribution in [0.25, 0.3) is 11.4 Å². The third-order valence-electron chi connectivity index (χ3n) is 4.28. The zero-order chi connectivity index (χ0) is 21.5. The molecule has 0 aliphatic carbocycles. The number of hydrogen-bond acceptors (Lipinski definition) is 7. The number of nitrogens with zero attached hydrogens (tertiary/aromatic N) is 5. The Morgan fingerprint density at radius 2 is 2.23 bits per heavy atom. The first-order valence-corrected chi connectivity index (χ1v) is 10.8. The average molecular weight is 449 g/mol. The summed E-state index contributed by atoms with van der Waals surface area (Å²) in [7, 11) is 3.65. The van der Waals surface area contributed by atoms with Crippen LogP contribution in [0.4, 0.5) is 0 Å². The molecule has 0 aliphatic rings. The van der Waals surface area contributed by atoms with Crippen LogP contribution in [0.1, 0.15) is 36.5 Å². The predicted molar refractivity (Wildman–Crippen MR) is 119 cm³/mol. The number of hydrogen-bond donors (Lipinski definition) is 1. The van der Waals surface area contributed by atoms with Gasteiger partial charge in [0, 0.05) is 36.7 Å². The van der Waals surface area contributed by atoms with Crippen LogP contribution < -0.4 is 5.32 Å². The Labute approximate surface area is 184 Å². The zero-order valence-electron chi connectivity index (χ0n) is 17.4. The van der Waals surface area contributed by atoms with E-state index in [1.165, 1.54) is 0 Å². The number of halogens is 1. The smallest absolute Gasteiger partial charge is 0.248 e. The van der Waals surface area contributed by atoms with Gasteiger partial charge in [0.05, 0.1) is 12.2 Å². The van der Waals surface area contributed by atoms with Crippen molar-refractivity contribution >= 4 is 28.9 Å². The number of ether oxygens (including phenoxy) is 1. The maximum atomic E-state index is 6.03. The third kappa shape index (κ3) is 5.78. The Morgan fingerprint density at radius 1 is 1.40 bits per heavy atom. The Morgan fingerprint density at radius 3 is 2.97 bits per heavy atom. The van der Waals surface area contributed by atoms with E-state index in [1.54, 1.807) is 30.6 Å². The van der Waals surface area contributed by atoms with E-state index in [0.29, 0.717) is 23.3 Å². The van der Waals surface area contributed by atoms with Crippen LogP contribution in [0.5, 0.6) is 0 Å². The van der Waals surface area contributed by atoms with Gasteiger partial charge in [0.15, 0.2) is 5.96 Å². The molecule has 0 bridgehead atoms. The lowest BCUT2D eigenvalue weighted by molar-refractivity contribution is 0.119. The molecule has 1 atom stereocenters. The highest BCUT2D eigenvalue weighted by Gasteiger charge is 2.14. The summed E-state index contributed by atoms with van der Waals surface area (Å²) in [5.74, 6) is 1.65. The van der Waals surface area contributed by atoms with Crippen molar-refractivity contribution in [2.75, 3.05) is 20.7 Å². The second-order valence-corrected chi connectivity index (χ2v) is 7.93. The SMILES string of the molecule is CCNC(=NCc1nc(-c2cccc(Cl)c2)no1)N(C)Cc1csc(C(C)OC)n1. The minimum Gasteiger partial charge on any atom is -0.375 e. The lowest BCUT2D eigenvalue weighted by atomic mass is 10.2. The number of benzene rings is 1. The van der Waals surface area contributed by atoms with Gasteiger partial charge < -0.3 is 19.5 Å². The van der Waals surface area contributed by atoms with E-state index >= 15 is 0 Å². The van der Waals surface area contributed by atoms with Crippen molar-refractivity contribution < 1.29 is 9.26 Å². The summed E-state index contributed by atoms with van der Waals surface area (Å²) < 4.78 is 10.7. The number of aromatic nitrogens is 3. The number of aliphatic imine (C=N–C) groups is 1. The van der Waals surface area contributed by atoms with Gasteiger partial charge in [-0.3, -0.25) is 0 Å². The normalized spacial score (nSPS) is 12.8. The van der Waals surface area contributed by atoms with Crippen molar-refractivity contribution in [2.45, 2.75) is 33.0 Å². The first-order chi connectivity index (χ1) is 14.5. The minimum absolute atomic E-state index is 0.0119. The van der Waals surface area contributed by atoms with E-state index in [9.17, 15) is 0 Å². The highest BCUT2D eigenvalue weighted by atomic mass is 35.5. The molecule has 0 aliphatic heterocycles. The molecular formula is C20H25ClN6O2S. The molecule has 3 aromatic rings. The van der Waals surface area contributed by atoms with Gasteiger partial charge in [-0.25, -0.2) is 9.98 Å². The summed E-state index contributed by atoms with van der Waals surface area (Å²) >= 11 is 7.63. The molecule has 0 radical (unpaired) electrons. The fraction of sp³-hybridized carbons (Fsp3) is 0.400. The molecule has 0 fully saturated rings. The van der Waals surface area contributed by atoms with Crippen molar-refractivity contribution in [1.82, 2.24) is 25.3 Å². The fourth-order valence-corrected chi connectivity index (χ4v) is 3.71. The molecule has 8 nitrogen and oxygen atoms in total. The summed E-state index contributed by atoms with van der Waals surface area (Å²) in [6.45, 7) is 5.64. The van der Waals surface area contributed by atoms with Gasteiger partial charge >= 0.3 is 0 Å². The van der Waals surface area contributed by atoms with Gasteiger partial charge in [-0.05, 0) is 26.0 Å². The van der Waals surface area contributed by atoms with Gasteiger partial charge in [0.2, 0.25) is 11.7 Å². The second kappa shape index (κ2) is 10.5. The van der Waals surface area contributed by atoms with E-state index < -0.39 is 0 Å². The number of guanidine groups is 1. The van der Waals surface area contributed by atoms with Crippen molar-refractivity contribution in [3.8, 4) is 11.4 Å². The zero-order valence-corrected chi connectivity index (χ0v) is 19.0. The maximum absolute atomic E-state index is 6.03. The summed E-state index contributed by atoms with van der Waals surface area (Å²) in [6, 6.07) is 7.33. The van der Waals surface area contributed by atoms with Gasteiger partial charge in [-0.2, -0.15) is 4.98 Å². The summed E-state index contributed by atoms with van der Waals surface area (Å²) in [5, 5.41) is 10.9. The summed E-state index contributed by atoms with van der Waals surface area (Å²) in [4.78, 5) is 15.7. The predicted octanol–water partition coefficient (Wildman–Crippen LogP) is 4.15.